The van der Waals surface area contributed by atoms with Gasteiger partial charge in [-0.05, 0) is 38.5 Å². The number of nitrogens with one attached hydrogen (secondary N) is 2. The van der Waals surface area contributed by atoms with Crippen LogP contribution in [-0.2, 0) is 19.1 Å². The predicted octanol–water partition coefficient (Wildman–Crippen LogP) is 2.34. The highest BCUT2D eigenvalue weighted by Crippen LogP contribution is 2.31. The Labute approximate surface area is 171 Å². The summed E-state index contributed by atoms with van der Waals surface area (Å²) >= 11 is 0. The fourth-order valence-corrected chi connectivity index (χ4v) is 2.43. The average Bonchev–Trinajstić information content (AvgIpc) is 2.65. The molecule has 0 aliphatic heterocycles. The van der Waals surface area contributed by atoms with Crippen molar-refractivity contribution < 1.29 is 33.3 Å². The fourth-order valence-electron chi connectivity index (χ4n) is 2.43. The molecule has 0 bridgehead atoms. The van der Waals surface area contributed by atoms with E-state index < -0.39 is 23.7 Å². The smallest absolute Gasteiger partial charge is 0.407 e. The zero-order valence-electron chi connectivity index (χ0n) is 17.8. The van der Waals surface area contributed by atoms with E-state index in [4.69, 9.17) is 18.9 Å². The molecule has 1 aromatic rings. The molecule has 0 radical (unpaired) electrons. The van der Waals surface area contributed by atoms with Gasteiger partial charge in [0.15, 0.2) is 11.5 Å². The van der Waals surface area contributed by atoms with Crippen LogP contribution in [0.25, 0.3) is 0 Å². The summed E-state index contributed by atoms with van der Waals surface area (Å²) < 4.78 is 20.3. The van der Waals surface area contributed by atoms with E-state index in [9.17, 15) is 14.4 Å². The molecule has 9 heteroatoms. The lowest BCUT2D eigenvalue weighted by atomic mass is 10.0. The Bertz CT molecular complexity index is 713. The molecule has 2 amide bonds. The normalized spacial score (nSPS) is 11.8. The third-order valence-electron chi connectivity index (χ3n) is 3.76. The second kappa shape index (κ2) is 11.1. The summed E-state index contributed by atoms with van der Waals surface area (Å²) in [6.07, 6.45) is -0.641. The van der Waals surface area contributed by atoms with Crippen molar-refractivity contribution in [2.75, 3.05) is 27.9 Å². The number of hydrogen-bond donors (Lipinski definition) is 2. The van der Waals surface area contributed by atoms with Crippen LogP contribution in [-0.4, -0.2) is 51.4 Å². The minimum Gasteiger partial charge on any atom is -0.493 e. The molecule has 0 aromatic heterocycles. The van der Waals surface area contributed by atoms with E-state index >= 15 is 0 Å². The van der Waals surface area contributed by atoms with E-state index in [-0.39, 0.29) is 25.3 Å². The highest BCUT2D eigenvalue weighted by atomic mass is 16.6. The molecule has 0 aliphatic rings. The van der Waals surface area contributed by atoms with Crippen LogP contribution >= 0.6 is 0 Å². The number of alkyl carbamates (subject to hydrolysis) is 1. The molecule has 162 valence electrons. The van der Waals surface area contributed by atoms with Gasteiger partial charge < -0.3 is 29.6 Å². The molecule has 1 atom stereocenters. The van der Waals surface area contributed by atoms with Gasteiger partial charge in [0, 0.05) is 13.0 Å². The summed E-state index contributed by atoms with van der Waals surface area (Å²) in [5, 5.41) is 5.30. The van der Waals surface area contributed by atoms with E-state index in [1.807, 2.05) is 0 Å². The summed E-state index contributed by atoms with van der Waals surface area (Å²) in [7, 11) is 4.29. The number of benzene rings is 1. The van der Waals surface area contributed by atoms with E-state index in [0.717, 1.165) is 0 Å². The Hall–Kier alpha value is -2.97. The lowest BCUT2D eigenvalue weighted by Gasteiger charge is -2.21. The minimum absolute atomic E-state index is 0.0181. The number of carbonyl (C=O) groups excluding carboxylic acids is 3. The highest BCUT2D eigenvalue weighted by molar-refractivity contribution is 5.79. The van der Waals surface area contributed by atoms with Gasteiger partial charge in [-0.2, -0.15) is 0 Å². The van der Waals surface area contributed by atoms with Crippen molar-refractivity contribution in [2.24, 2.45) is 0 Å². The van der Waals surface area contributed by atoms with Crippen LogP contribution in [0.15, 0.2) is 18.2 Å². The summed E-state index contributed by atoms with van der Waals surface area (Å²) in [5.74, 6) is 0.184. The Kier molecular flexibility index (Phi) is 9.24. The standard InChI is InChI=1S/C20H30N2O7/c1-20(2,3)29-19(25)21-10-9-17(23)22-14(12-18(24)28-6)13-7-8-15(26-4)16(11-13)27-5/h7-8,11,14H,9-10,12H2,1-6H3,(H,21,25)(H,22,23). The van der Waals surface area contributed by atoms with Crippen LogP contribution in [0.5, 0.6) is 11.5 Å². The minimum atomic E-state index is -0.628. The highest BCUT2D eigenvalue weighted by Gasteiger charge is 2.21. The molecule has 9 nitrogen and oxygen atoms in total. The first-order chi connectivity index (χ1) is 13.6. The molecule has 0 aliphatic carbocycles. The van der Waals surface area contributed by atoms with E-state index in [1.165, 1.54) is 21.3 Å². The average molecular weight is 410 g/mol. The fraction of sp³-hybridized carbons (Fsp3) is 0.550. The summed E-state index contributed by atoms with van der Waals surface area (Å²) in [5.41, 5.74) is 0.0345. The van der Waals surface area contributed by atoms with Crippen molar-refractivity contribution in [3.8, 4) is 11.5 Å². The predicted molar refractivity (Wildman–Crippen MR) is 106 cm³/mol. The second-order valence-corrected chi connectivity index (χ2v) is 7.19. The van der Waals surface area contributed by atoms with Crippen LogP contribution in [0.3, 0.4) is 0 Å². The number of hydrogen-bond acceptors (Lipinski definition) is 7. The molecule has 29 heavy (non-hydrogen) atoms. The third kappa shape index (κ3) is 8.71. The number of methoxy groups -OCH3 is 3. The first-order valence-corrected chi connectivity index (χ1v) is 9.14. The zero-order valence-corrected chi connectivity index (χ0v) is 17.8. The van der Waals surface area contributed by atoms with E-state index in [1.54, 1.807) is 39.0 Å². The van der Waals surface area contributed by atoms with Crippen molar-refractivity contribution in [3.05, 3.63) is 23.8 Å². The maximum atomic E-state index is 12.3. The largest absolute Gasteiger partial charge is 0.493 e. The van der Waals surface area contributed by atoms with Gasteiger partial charge in [0.25, 0.3) is 0 Å². The van der Waals surface area contributed by atoms with E-state index in [0.29, 0.717) is 17.1 Å². The molecular formula is C20H30N2O7. The van der Waals surface area contributed by atoms with Gasteiger partial charge in [0.1, 0.15) is 5.60 Å². The Morgan fingerprint density at radius 1 is 1.03 bits per heavy atom. The molecule has 1 rings (SSSR count). The van der Waals surface area contributed by atoms with Crippen molar-refractivity contribution in [1.82, 2.24) is 10.6 Å². The van der Waals surface area contributed by atoms with Gasteiger partial charge in [-0.15, -0.1) is 0 Å². The molecular weight excluding hydrogens is 380 g/mol. The van der Waals surface area contributed by atoms with Crippen LogP contribution < -0.4 is 20.1 Å². The molecule has 0 fully saturated rings. The van der Waals surface area contributed by atoms with Gasteiger partial charge in [0.05, 0.1) is 33.8 Å². The summed E-state index contributed by atoms with van der Waals surface area (Å²) in [4.78, 5) is 35.8. The van der Waals surface area contributed by atoms with Crippen molar-refractivity contribution in [3.63, 3.8) is 0 Å². The maximum absolute atomic E-state index is 12.3. The molecule has 0 heterocycles. The summed E-state index contributed by atoms with van der Waals surface area (Å²) in [6, 6.07) is 4.48. The zero-order chi connectivity index (χ0) is 22.0. The molecule has 0 spiro atoms. The van der Waals surface area contributed by atoms with Crippen LogP contribution in [0.1, 0.15) is 45.2 Å². The first kappa shape index (κ1) is 24.1. The molecule has 2 N–H and O–H groups in total. The van der Waals surface area contributed by atoms with Crippen molar-refractivity contribution in [1.29, 1.82) is 0 Å². The monoisotopic (exact) mass is 410 g/mol. The quantitative estimate of drug-likeness (QED) is 0.601. The van der Waals surface area contributed by atoms with E-state index in [2.05, 4.69) is 10.6 Å². The number of carbonyl (C=O) groups is 3. The van der Waals surface area contributed by atoms with Crippen LogP contribution in [0.4, 0.5) is 4.79 Å². The van der Waals surface area contributed by atoms with Gasteiger partial charge in [-0.3, -0.25) is 9.59 Å². The lowest BCUT2D eigenvalue weighted by molar-refractivity contribution is -0.141. The van der Waals surface area contributed by atoms with Gasteiger partial charge in [-0.1, -0.05) is 6.07 Å². The topological polar surface area (TPSA) is 112 Å². The SMILES string of the molecule is COC(=O)CC(NC(=O)CCNC(=O)OC(C)(C)C)c1ccc(OC)c(OC)c1. The van der Waals surface area contributed by atoms with Crippen molar-refractivity contribution >= 4 is 18.0 Å². The number of amides is 2. The number of ether oxygens (including phenoxy) is 4. The molecule has 1 aromatic carbocycles. The second-order valence-electron chi connectivity index (χ2n) is 7.19. The van der Waals surface area contributed by atoms with Crippen molar-refractivity contribution in [2.45, 2.75) is 45.3 Å². The van der Waals surface area contributed by atoms with Gasteiger partial charge >= 0.3 is 12.1 Å². The summed E-state index contributed by atoms with van der Waals surface area (Å²) in [6.45, 7) is 5.34. The Balaban J connectivity index is 2.77. The lowest BCUT2D eigenvalue weighted by Crippen LogP contribution is -2.36. The maximum Gasteiger partial charge on any atom is 0.407 e. The molecule has 0 saturated carbocycles. The van der Waals surface area contributed by atoms with Crippen LogP contribution in [0, 0.1) is 0 Å². The van der Waals surface area contributed by atoms with Crippen LogP contribution in [0.2, 0.25) is 0 Å². The first-order valence-electron chi connectivity index (χ1n) is 9.14. The van der Waals surface area contributed by atoms with Gasteiger partial charge in [-0.25, -0.2) is 4.79 Å². The third-order valence-corrected chi connectivity index (χ3v) is 3.76. The molecule has 1 unspecified atom stereocenters. The molecule has 0 saturated heterocycles. The number of esters is 1. The number of rotatable bonds is 9. The van der Waals surface area contributed by atoms with Gasteiger partial charge in [0.2, 0.25) is 5.91 Å². The Morgan fingerprint density at radius 2 is 1.69 bits per heavy atom. The Morgan fingerprint density at radius 3 is 2.24 bits per heavy atom.